The molecule has 2 rings (SSSR count). The molecule has 0 spiro atoms. The minimum Gasteiger partial charge on any atom is -0.348 e. The van der Waals surface area contributed by atoms with Gasteiger partial charge in [-0.05, 0) is 19.4 Å². The average molecular weight is 260 g/mol. The van der Waals surface area contributed by atoms with Crippen LogP contribution in [0.15, 0.2) is 30.6 Å². The second kappa shape index (κ2) is 5.62. The number of rotatable bonds is 5. The molecule has 1 unspecified atom stereocenters. The summed E-state index contributed by atoms with van der Waals surface area (Å²) in [5.41, 5.74) is 2.99. The number of aromatic amines is 1. The number of hydrogen-bond acceptors (Lipinski definition) is 4. The van der Waals surface area contributed by atoms with Gasteiger partial charge in [0.15, 0.2) is 0 Å². The zero-order chi connectivity index (χ0) is 13.8. The minimum atomic E-state index is -0.381. The zero-order valence-corrected chi connectivity index (χ0v) is 10.9. The molecule has 1 aromatic carbocycles. The van der Waals surface area contributed by atoms with E-state index in [9.17, 15) is 10.1 Å². The molecule has 100 valence electrons. The van der Waals surface area contributed by atoms with Crippen molar-refractivity contribution in [3.63, 3.8) is 0 Å². The van der Waals surface area contributed by atoms with Gasteiger partial charge in [0.1, 0.15) is 0 Å². The molecule has 0 aliphatic heterocycles. The number of aromatic nitrogens is 2. The van der Waals surface area contributed by atoms with Gasteiger partial charge in [0.2, 0.25) is 0 Å². The largest absolute Gasteiger partial charge is 0.348 e. The molecule has 0 radical (unpaired) electrons. The van der Waals surface area contributed by atoms with Crippen LogP contribution in [0.2, 0.25) is 0 Å². The molecule has 0 amide bonds. The summed E-state index contributed by atoms with van der Waals surface area (Å²) in [7, 11) is 0. The van der Waals surface area contributed by atoms with Crippen LogP contribution >= 0.6 is 0 Å². The predicted molar refractivity (Wildman–Crippen MR) is 71.7 cm³/mol. The van der Waals surface area contributed by atoms with E-state index in [1.165, 1.54) is 6.07 Å². The summed E-state index contributed by atoms with van der Waals surface area (Å²) < 4.78 is 0. The molecule has 6 heteroatoms. The van der Waals surface area contributed by atoms with Gasteiger partial charge in [-0.1, -0.05) is 12.1 Å². The van der Waals surface area contributed by atoms with Gasteiger partial charge in [-0.25, -0.2) is 4.98 Å². The highest BCUT2D eigenvalue weighted by molar-refractivity contribution is 5.35. The maximum Gasteiger partial charge on any atom is 0.269 e. The first kappa shape index (κ1) is 13.2. The number of aryl methyl sites for hydroxylation is 1. The van der Waals surface area contributed by atoms with Crippen molar-refractivity contribution >= 4 is 5.69 Å². The smallest absolute Gasteiger partial charge is 0.269 e. The lowest BCUT2D eigenvalue weighted by atomic mass is 10.1. The van der Waals surface area contributed by atoms with Gasteiger partial charge in [-0.2, -0.15) is 0 Å². The van der Waals surface area contributed by atoms with Gasteiger partial charge >= 0.3 is 0 Å². The highest BCUT2D eigenvalue weighted by Crippen LogP contribution is 2.19. The third-order valence-electron chi connectivity index (χ3n) is 3.09. The van der Waals surface area contributed by atoms with Crippen LogP contribution in [-0.2, 0) is 6.54 Å². The second-order valence-corrected chi connectivity index (χ2v) is 4.43. The number of nitrogens with one attached hydrogen (secondary N) is 2. The Balaban J connectivity index is 2.03. The molecule has 0 fully saturated rings. The first-order valence-corrected chi connectivity index (χ1v) is 6.04. The Labute approximate surface area is 111 Å². The van der Waals surface area contributed by atoms with Gasteiger partial charge in [-0.3, -0.25) is 10.1 Å². The van der Waals surface area contributed by atoms with Crippen molar-refractivity contribution in [2.45, 2.75) is 26.4 Å². The molecule has 2 aromatic rings. The number of H-pyrrole nitrogens is 1. The molecule has 19 heavy (non-hydrogen) atoms. The van der Waals surface area contributed by atoms with Crippen LogP contribution < -0.4 is 5.32 Å². The average Bonchev–Trinajstić information content (AvgIpc) is 2.81. The Bertz CT molecular complexity index is 580. The van der Waals surface area contributed by atoms with E-state index in [0.29, 0.717) is 6.54 Å². The maximum absolute atomic E-state index is 10.7. The fraction of sp³-hybridized carbons (Fsp3) is 0.308. The minimum absolute atomic E-state index is 0.0241. The number of non-ortho nitro benzene ring substituents is 1. The van der Waals surface area contributed by atoms with Gasteiger partial charge in [0.05, 0.1) is 16.9 Å². The van der Waals surface area contributed by atoms with Crippen molar-refractivity contribution in [3.8, 4) is 0 Å². The van der Waals surface area contributed by atoms with Gasteiger partial charge < -0.3 is 10.3 Å². The Morgan fingerprint density at radius 1 is 1.53 bits per heavy atom. The number of nitro benzene ring substituents is 1. The van der Waals surface area contributed by atoms with E-state index in [2.05, 4.69) is 15.3 Å². The van der Waals surface area contributed by atoms with E-state index in [4.69, 9.17) is 0 Å². The van der Waals surface area contributed by atoms with Crippen LogP contribution in [0.5, 0.6) is 0 Å². The Kier molecular flexibility index (Phi) is 3.91. The molecular formula is C13H16N4O2. The fourth-order valence-corrected chi connectivity index (χ4v) is 1.84. The molecule has 0 aliphatic rings. The van der Waals surface area contributed by atoms with E-state index in [1.54, 1.807) is 18.5 Å². The van der Waals surface area contributed by atoms with E-state index < -0.39 is 0 Å². The van der Waals surface area contributed by atoms with Crippen LogP contribution in [0.4, 0.5) is 5.69 Å². The normalized spacial score (nSPS) is 12.3. The third-order valence-corrected chi connectivity index (χ3v) is 3.09. The number of nitro groups is 1. The van der Waals surface area contributed by atoms with Crippen molar-refractivity contribution in [2.75, 3.05) is 0 Å². The molecule has 2 N–H and O–H groups in total. The molecule has 0 bridgehead atoms. The maximum atomic E-state index is 10.7. The number of imidazole rings is 1. The van der Waals surface area contributed by atoms with Crippen LogP contribution in [0, 0.1) is 17.0 Å². The molecule has 1 aromatic heterocycles. The number of benzene rings is 1. The zero-order valence-electron chi connectivity index (χ0n) is 10.9. The van der Waals surface area contributed by atoms with Crippen LogP contribution in [-0.4, -0.2) is 14.9 Å². The SMILES string of the molecule is Cc1[nH]cnc1CNC(C)c1cccc([N+](=O)[O-])c1. The standard InChI is InChI=1S/C13H16N4O2/c1-9(14-7-13-10(2)15-8-16-13)11-4-3-5-12(6-11)17(18)19/h3-6,8-9,14H,7H2,1-2H3,(H,15,16). The third kappa shape index (κ3) is 3.17. The summed E-state index contributed by atoms with van der Waals surface area (Å²) in [4.78, 5) is 17.6. The summed E-state index contributed by atoms with van der Waals surface area (Å²) in [6.45, 7) is 4.56. The molecule has 0 saturated carbocycles. The van der Waals surface area contributed by atoms with Crippen molar-refractivity contribution in [3.05, 3.63) is 57.7 Å². The summed E-state index contributed by atoms with van der Waals surface area (Å²) >= 11 is 0. The van der Waals surface area contributed by atoms with Gasteiger partial charge in [0.25, 0.3) is 5.69 Å². The first-order valence-electron chi connectivity index (χ1n) is 6.04. The molecule has 0 aliphatic carbocycles. The lowest BCUT2D eigenvalue weighted by Gasteiger charge is -2.13. The van der Waals surface area contributed by atoms with Crippen LogP contribution in [0.1, 0.15) is 29.9 Å². The molecular weight excluding hydrogens is 244 g/mol. The van der Waals surface area contributed by atoms with Gasteiger partial charge in [-0.15, -0.1) is 0 Å². The van der Waals surface area contributed by atoms with E-state index in [-0.39, 0.29) is 16.7 Å². The summed E-state index contributed by atoms with van der Waals surface area (Å²) in [6, 6.07) is 6.69. The van der Waals surface area contributed by atoms with E-state index >= 15 is 0 Å². The highest BCUT2D eigenvalue weighted by atomic mass is 16.6. The summed E-state index contributed by atoms with van der Waals surface area (Å²) in [6.07, 6.45) is 1.66. The highest BCUT2D eigenvalue weighted by Gasteiger charge is 2.11. The molecule has 6 nitrogen and oxygen atoms in total. The number of hydrogen-bond donors (Lipinski definition) is 2. The summed E-state index contributed by atoms with van der Waals surface area (Å²) in [5, 5.41) is 14.0. The van der Waals surface area contributed by atoms with Crippen LogP contribution in [0.25, 0.3) is 0 Å². The van der Waals surface area contributed by atoms with E-state index in [1.807, 2.05) is 19.9 Å². The first-order chi connectivity index (χ1) is 9.08. The van der Waals surface area contributed by atoms with Crippen molar-refractivity contribution in [2.24, 2.45) is 0 Å². The lowest BCUT2D eigenvalue weighted by Crippen LogP contribution is -2.18. The fourth-order valence-electron chi connectivity index (χ4n) is 1.84. The summed E-state index contributed by atoms with van der Waals surface area (Å²) in [5.74, 6) is 0. The van der Waals surface area contributed by atoms with Crippen LogP contribution in [0.3, 0.4) is 0 Å². The van der Waals surface area contributed by atoms with Crippen molar-refractivity contribution < 1.29 is 4.92 Å². The molecule has 0 saturated heterocycles. The lowest BCUT2D eigenvalue weighted by molar-refractivity contribution is -0.384. The quantitative estimate of drug-likeness (QED) is 0.639. The van der Waals surface area contributed by atoms with Gasteiger partial charge in [0, 0.05) is 30.4 Å². The topological polar surface area (TPSA) is 83.8 Å². The Morgan fingerprint density at radius 2 is 2.32 bits per heavy atom. The molecule has 1 heterocycles. The van der Waals surface area contributed by atoms with Crippen molar-refractivity contribution in [1.82, 2.24) is 15.3 Å². The van der Waals surface area contributed by atoms with E-state index in [0.717, 1.165) is 17.0 Å². The van der Waals surface area contributed by atoms with Crippen molar-refractivity contribution in [1.29, 1.82) is 0 Å². The second-order valence-electron chi connectivity index (χ2n) is 4.43. The molecule has 1 atom stereocenters. The number of nitrogens with zero attached hydrogens (tertiary/aromatic N) is 2. The predicted octanol–water partition coefficient (Wildman–Crippen LogP) is 2.48. The Morgan fingerprint density at radius 3 is 2.95 bits per heavy atom. The Hall–Kier alpha value is -2.21. The monoisotopic (exact) mass is 260 g/mol.